The van der Waals surface area contributed by atoms with Crippen molar-refractivity contribution in [2.75, 3.05) is 30.3 Å². The van der Waals surface area contributed by atoms with Gasteiger partial charge in [-0.1, -0.05) is 36.2 Å². The summed E-state index contributed by atoms with van der Waals surface area (Å²) in [4.78, 5) is 11.1. The highest BCUT2D eigenvalue weighted by Crippen LogP contribution is 2.36. The van der Waals surface area contributed by atoms with Crippen LogP contribution in [0.4, 0.5) is 10.8 Å². The molecular formula is C21H28Cl2N4S. The van der Waals surface area contributed by atoms with Crippen LogP contribution in [0.1, 0.15) is 43.2 Å². The standard InChI is InChI=1S/C21H28Cl2N4S/c1-2-10-27(15-6-7-17-19(13-15)28-21(24)25-17)14-8-11-26(12-9-14)18-5-3-4-16(22)20(18)23/h3-5,14-15H,2,6-13H2,1H3,(H2,24,25)/t15-/m0/s1. The van der Waals surface area contributed by atoms with Crippen molar-refractivity contribution in [2.45, 2.75) is 57.5 Å². The molecule has 1 aromatic carbocycles. The molecule has 28 heavy (non-hydrogen) atoms. The maximum absolute atomic E-state index is 6.45. The zero-order valence-electron chi connectivity index (χ0n) is 16.3. The predicted molar refractivity (Wildman–Crippen MR) is 121 cm³/mol. The number of fused-ring (bicyclic) bond motifs is 1. The Balaban J connectivity index is 1.43. The molecule has 0 spiro atoms. The lowest BCUT2D eigenvalue weighted by molar-refractivity contribution is 0.103. The van der Waals surface area contributed by atoms with E-state index in [9.17, 15) is 0 Å². The zero-order chi connectivity index (χ0) is 19.7. The number of halogens is 2. The Kier molecular flexibility index (Phi) is 6.36. The molecule has 0 saturated carbocycles. The Bertz CT molecular complexity index is 817. The quantitative estimate of drug-likeness (QED) is 0.690. The van der Waals surface area contributed by atoms with Crippen LogP contribution in [-0.4, -0.2) is 41.6 Å². The number of rotatable bonds is 5. The molecule has 7 heteroatoms. The molecule has 0 bridgehead atoms. The van der Waals surface area contributed by atoms with E-state index in [0.29, 0.717) is 22.1 Å². The first-order chi connectivity index (χ1) is 13.6. The molecule has 1 aromatic heterocycles. The summed E-state index contributed by atoms with van der Waals surface area (Å²) >= 11 is 14.3. The van der Waals surface area contributed by atoms with Gasteiger partial charge in [-0.15, -0.1) is 11.3 Å². The van der Waals surface area contributed by atoms with Crippen molar-refractivity contribution in [1.82, 2.24) is 9.88 Å². The van der Waals surface area contributed by atoms with Crippen LogP contribution < -0.4 is 10.6 Å². The van der Waals surface area contributed by atoms with E-state index in [4.69, 9.17) is 28.9 Å². The number of benzene rings is 1. The van der Waals surface area contributed by atoms with Crippen molar-refractivity contribution in [3.63, 3.8) is 0 Å². The van der Waals surface area contributed by atoms with E-state index >= 15 is 0 Å². The summed E-state index contributed by atoms with van der Waals surface area (Å²) in [5, 5.41) is 2.03. The van der Waals surface area contributed by atoms with Crippen LogP contribution in [0.3, 0.4) is 0 Å². The van der Waals surface area contributed by atoms with Crippen LogP contribution in [0.15, 0.2) is 18.2 Å². The Morgan fingerprint density at radius 3 is 2.75 bits per heavy atom. The fourth-order valence-electron chi connectivity index (χ4n) is 4.76. The van der Waals surface area contributed by atoms with Crippen molar-refractivity contribution in [3.05, 3.63) is 38.8 Å². The second-order valence-corrected chi connectivity index (χ2v) is 9.75. The van der Waals surface area contributed by atoms with Crippen molar-refractivity contribution in [3.8, 4) is 0 Å². The van der Waals surface area contributed by atoms with Gasteiger partial charge in [-0.05, 0) is 57.2 Å². The number of piperidine rings is 1. The van der Waals surface area contributed by atoms with Crippen LogP contribution in [0.2, 0.25) is 10.0 Å². The minimum Gasteiger partial charge on any atom is -0.375 e. The van der Waals surface area contributed by atoms with Gasteiger partial charge < -0.3 is 10.6 Å². The van der Waals surface area contributed by atoms with Gasteiger partial charge in [0.1, 0.15) is 0 Å². The SMILES string of the molecule is CCCN(C1CCN(c2cccc(Cl)c2Cl)CC1)[C@H]1CCc2nc(N)sc2C1. The Hall–Kier alpha value is -1.01. The summed E-state index contributed by atoms with van der Waals surface area (Å²) in [5.74, 6) is 0. The molecule has 4 rings (SSSR count). The number of aromatic nitrogens is 1. The number of hydrogen-bond acceptors (Lipinski definition) is 5. The third-order valence-electron chi connectivity index (χ3n) is 6.09. The van der Waals surface area contributed by atoms with E-state index in [1.165, 1.54) is 23.4 Å². The average Bonchev–Trinajstić information content (AvgIpc) is 3.08. The lowest BCUT2D eigenvalue weighted by atomic mass is 9.92. The number of thiazole rings is 1. The third kappa shape index (κ3) is 4.13. The fraction of sp³-hybridized carbons (Fsp3) is 0.571. The van der Waals surface area contributed by atoms with Crippen LogP contribution in [0.25, 0.3) is 0 Å². The van der Waals surface area contributed by atoms with Crippen molar-refractivity contribution >= 4 is 45.4 Å². The molecule has 0 unspecified atom stereocenters. The van der Waals surface area contributed by atoms with Crippen molar-refractivity contribution < 1.29 is 0 Å². The lowest BCUT2D eigenvalue weighted by Crippen LogP contribution is -2.51. The first-order valence-corrected chi connectivity index (χ1v) is 11.8. The monoisotopic (exact) mass is 438 g/mol. The number of nitrogen functional groups attached to an aromatic ring is 1. The van der Waals surface area contributed by atoms with Gasteiger partial charge in [-0.25, -0.2) is 4.98 Å². The van der Waals surface area contributed by atoms with Crippen LogP contribution in [0.5, 0.6) is 0 Å². The van der Waals surface area contributed by atoms with Crippen LogP contribution >= 0.6 is 34.5 Å². The summed E-state index contributed by atoms with van der Waals surface area (Å²) in [6.07, 6.45) is 6.87. The maximum Gasteiger partial charge on any atom is 0.180 e. The van der Waals surface area contributed by atoms with Gasteiger partial charge in [0.05, 0.1) is 21.4 Å². The molecule has 2 aliphatic rings. The van der Waals surface area contributed by atoms with E-state index in [1.807, 2.05) is 12.1 Å². The highest BCUT2D eigenvalue weighted by molar-refractivity contribution is 7.15. The molecule has 4 nitrogen and oxygen atoms in total. The minimum absolute atomic E-state index is 0.610. The highest BCUT2D eigenvalue weighted by atomic mass is 35.5. The first kappa shape index (κ1) is 20.3. The summed E-state index contributed by atoms with van der Waals surface area (Å²) in [6.45, 7) is 5.50. The Labute approximate surface area is 181 Å². The summed E-state index contributed by atoms with van der Waals surface area (Å²) < 4.78 is 0. The van der Waals surface area contributed by atoms with Crippen molar-refractivity contribution in [1.29, 1.82) is 0 Å². The Morgan fingerprint density at radius 2 is 2.00 bits per heavy atom. The second kappa shape index (κ2) is 8.78. The van der Waals surface area contributed by atoms with Gasteiger partial charge in [-0.3, -0.25) is 4.90 Å². The highest BCUT2D eigenvalue weighted by Gasteiger charge is 2.32. The number of aryl methyl sites for hydroxylation is 1. The maximum atomic E-state index is 6.45. The molecule has 152 valence electrons. The predicted octanol–water partition coefficient (Wildman–Crippen LogP) is 5.27. The molecule has 0 radical (unpaired) electrons. The van der Waals surface area contributed by atoms with E-state index in [2.05, 4.69) is 27.8 Å². The molecule has 2 N–H and O–H groups in total. The average molecular weight is 439 g/mol. The van der Waals surface area contributed by atoms with Crippen molar-refractivity contribution in [2.24, 2.45) is 0 Å². The summed E-state index contributed by atoms with van der Waals surface area (Å²) in [5.41, 5.74) is 8.25. The van der Waals surface area contributed by atoms with Gasteiger partial charge in [-0.2, -0.15) is 0 Å². The largest absolute Gasteiger partial charge is 0.375 e. The summed E-state index contributed by atoms with van der Waals surface area (Å²) in [7, 11) is 0. The lowest BCUT2D eigenvalue weighted by Gasteiger charge is -2.44. The smallest absolute Gasteiger partial charge is 0.180 e. The molecule has 1 saturated heterocycles. The van der Waals surface area contributed by atoms with Gasteiger partial charge in [0, 0.05) is 30.1 Å². The second-order valence-electron chi connectivity index (χ2n) is 7.85. The molecule has 0 amide bonds. The number of nitrogens with two attached hydrogens (primary N) is 1. The number of nitrogens with zero attached hydrogens (tertiary/aromatic N) is 3. The van der Waals surface area contributed by atoms with Gasteiger partial charge in [0.25, 0.3) is 0 Å². The molecule has 1 aliphatic carbocycles. The fourth-order valence-corrected chi connectivity index (χ4v) is 6.12. The van der Waals surface area contributed by atoms with E-state index in [0.717, 1.165) is 56.1 Å². The number of hydrogen-bond donors (Lipinski definition) is 1. The first-order valence-electron chi connectivity index (χ1n) is 10.3. The van der Waals surface area contributed by atoms with Crippen LogP contribution in [0, 0.1) is 0 Å². The van der Waals surface area contributed by atoms with E-state index in [1.54, 1.807) is 11.3 Å². The Morgan fingerprint density at radius 1 is 1.21 bits per heavy atom. The topological polar surface area (TPSA) is 45.4 Å². The molecule has 2 heterocycles. The van der Waals surface area contributed by atoms with E-state index in [-0.39, 0.29) is 0 Å². The molecule has 2 aromatic rings. The molecule has 1 atom stereocenters. The molecular weight excluding hydrogens is 411 g/mol. The zero-order valence-corrected chi connectivity index (χ0v) is 18.7. The van der Waals surface area contributed by atoms with E-state index < -0.39 is 0 Å². The minimum atomic E-state index is 0.610. The molecule has 1 fully saturated rings. The third-order valence-corrected chi connectivity index (χ3v) is 7.84. The number of anilines is 2. The van der Waals surface area contributed by atoms with Gasteiger partial charge >= 0.3 is 0 Å². The normalized spacial score (nSPS) is 20.6. The summed E-state index contributed by atoms with van der Waals surface area (Å²) in [6, 6.07) is 7.16. The van der Waals surface area contributed by atoms with Gasteiger partial charge in [0.2, 0.25) is 0 Å². The molecule has 1 aliphatic heterocycles. The van der Waals surface area contributed by atoms with Gasteiger partial charge in [0.15, 0.2) is 5.13 Å². The van der Waals surface area contributed by atoms with Crippen LogP contribution in [-0.2, 0) is 12.8 Å².